The number of nitrogens with two attached hydrogens (primary N) is 1. The van der Waals surface area contributed by atoms with Crippen molar-refractivity contribution in [3.63, 3.8) is 0 Å². The molecule has 1 saturated carbocycles. The topological polar surface area (TPSA) is 142 Å². The van der Waals surface area contributed by atoms with Gasteiger partial charge in [0.2, 0.25) is 12.3 Å². The molecule has 0 radical (unpaired) electrons. The van der Waals surface area contributed by atoms with Gasteiger partial charge in [-0.15, -0.1) is 11.8 Å². The summed E-state index contributed by atoms with van der Waals surface area (Å²) in [5.74, 6) is -1.39. The molecule has 0 spiro atoms. The minimum atomic E-state index is -1.02. The number of β-lactam (4-membered cyclic amide) rings is 1. The largest absolute Gasteiger partial charge is 0.477 e. The molecule has 10 heteroatoms. The predicted octanol–water partition coefficient (Wildman–Crippen LogP) is 1.72. The lowest BCUT2D eigenvalue weighted by Crippen LogP contribution is -2.62. The minimum absolute atomic E-state index is 0.0128. The first-order chi connectivity index (χ1) is 16.1. The number of ketones is 1. The summed E-state index contributed by atoms with van der Waals surface area (Å²) >= 11 is 1.61. The number of aliphatic carboxylic acids is 1. The van der Waals surface area contributed by atoms with Crippen LogP contribution in [0.15, 0.2) is 10.6 Å². The van der Waals surface area contributed by atoms with Gasteiger partial charge in [0, 0.05) is 42.1 Å². The second-order valence-corrected chi connectivity index (χ2v) is 10.9. The van der Waals surface area contributed by atoms with Crippen LogP contribution in [0.3, 0.4) is 0 Å². The van der Waals surface area contributed by atoms with Gasteiger partial charge in [-0.05, 0) is 38.6 Å². The molecule has 0 aromatic heterocycles. The van der Waals surface area contributed by atoms with Crippen molar-refractivity contribution in [2.24, 2.45) is 23.5 Å². The molecule has 2 saturated heterocycles. The summed E-state index contributed by atoms with van der Waals surface area (Å²) in [6, 6.07) is 0.430. The van der Waals surface area contributed by atoms with E-state index in [-0.39, 0.29) is 41.2 Å². The number of rotatable bonds is 7. The fraction of sp³-hybridized carbons (Fsp3) is 0.750. The van der Waals surface area contributed by atoms with Crippen molar-refractivity contribution < 1.29 is 24.3 Å². The summed E-state index contributed by atoms with van der Waals surface area (Å²) in [5, 5.41) is 15.6. The highest BCUT2D eigenvalue weighted by Crippen LogP contribution is 2.52. The number of fused-ring (bicyclic) bond motifs is 1. The maximum atomic E-state index is 12.6. The zero-order valence-electron chi connectivity index (χ0n) is 20.7. The molecule has 5 atom stereocenters. The Morgan fingerprint density at radius 3 is 2.35 bits per heavy atom. The summed E-state index contributed by atoms with van der Waals surface area (Å²) in [6.45, 7) is 7.28. The van der Waals surface area contributed by atoms with Crippen molar-refractivity contribution in [1.82, 2.24) is 15.5 Å². The van der Waals surface area contributed by atoms with Crippen molar-refractivity contribution in [2.45, 2.75) is 76.6 Å². The van der Waals surface area contributed by atoms with Crippen LogP contribution in [-0.2, 0) is 19.2 Å². The predicted molar refractivity (Wildman–Crippen MR) is 133 cm³/mol. The number of hydrogen-bond acceptors (Lipinski definition) is 7. The van der Waals surface area contributed by atoms with Crippen LogP contribution in [0.5, 0.6) is 0 Å². The zero-order valence-corrected chi connectivity index (χ0v) is 21.5. The quantitative estimate of drug-likeness (QED) is 0.308. The number of hydrogen-bond donors (Lipinski definition) is 4. The molecule has 0 aromatic rings. The van der Waals surface area contributed by atoms with Gasteiger partial charge in [-0.25, -0.2) is 4.79 Å². The Morgan fingerprint density at radius 2 is 1.94 bits per heavy atom. The number of nitrogens with zero attached hydrogens (tertiary/aromatic N) is 1. The average molecular weight is 497 g/mol. The van der Waals surface area contributed by atoms with Gasteiger partial charge in [-0.2, -0.15) is 0 Å². The van der Waals surface area contributed by atoms with Crippen LogP contribution in [0.25, 0.3) is 0 Å². The van der Waals surface area contributed by atoms with Crippen LogP contribution < -0.4 is 16.4 Å². The molecular formula is C24H40N4O5S. The van der Waals surface area contributed by atoms with E-state index in [4.69, 9.17) is 10.5 Å². The Bertz CT molecular complexity index is 777. The molecule has 1 aliphatic carbocycles. The third-order valence-electron chi connectivity index (χ3n) is 6.84. The molecule has 4 rings (SSSR count). The number of Topliss-reactive ketones (excluding diaryl/α,β-unsaturated/α-hetero) is 1. The van der Waals surface area contributed by atoms with Crippen LogP contribution in [-0.4, -0.2) is 71.5 Å². The lowest BCUT2D eigenvalue weighted by Gasteiger charge is -2.47. The Labute approximate surface area is 206 Å². The van der Waals surface area contributed by atoms with Crippen molar-refractivity contribution in [1.29, 1.82) is 0 Å². The summed E-state index contributed by atoms with van der Waals surface area (Å²) in [7, 11) is 1.56. The molecule has 0 bridgehead atoms. The van der Waals surface area contributed by atoms with E-state index < -0.39 is 5.97 Å². The van der Waals surface area contributed by atoms with E-state index in [0.29, 0.717) is 24.1 Å². The first-order valence-corrected chi connectivity index (χ1v) is 13.1. The summed E-state index contributed by atoms with van der Waals surface area (Å²) in [6.07, 6.45) is 7.25. The van der Waals surface area contributed by atoms with Gasteiger partial charge in [-0.3, -0.25) is 9.59 Å². The fourth-order valence-electron chi connectivity index (χ4n) is 5.21. The molecule has 3 fully saturated rings. The van der Waals surface area contributed by atoms with Crippen LogP contribution >= 0.6 is 11.8 Å². The van der Waals surface area contributed by atoms with E-state index in [1.807, 2.05) is 13.8 Å². The lowest BCUT2D eigenvalue weighted by atomic mass is 9.73. The molecule has 3 aliphatic heterocycles. The standard InChI is InChI=1S/C17H24N2O4S.C5H11N.C2H5NO/c1-8(6-9(2)20)12-13-10(3)15(24-11-4-5-18-7-11)14(17(22)23)19(13)16(12)21;6-5-3-1-2-4-5;1-3-2-4/h8,10-13,18H,4-7H2,1-3H3,(H,22,23);5H,1-4,6H2;2H,1H3,(H,3,4)/t8-,10+,11-,12+,13-;;/m0../s1. The number of nitrogens with one attached hydrogen (secondary N) is 2. The highest BCUT2D eigenvalue weighted by molar-refractivity contribution is 8.03. The zero-order chi connectivity index (χ0) is 25.4. The Balaban J connectivity index is 0.000000340. The molecule has 0 unspecified atom stereocenters. The number of carboxylic acid groups (broad SMARTS) is 1. The van der Waals surface area contributed by atoms with Gasteiger partial charge in [0.25, 0.3) is 0 Å². The van der Waals surface area contributed by atoms with Gasteiger partial charge in [-0.1, -0.05) is 26.7 Å². The van der Waals surface area contributed by atoms with E-state index in [0.717, 1.165) is 24.4 Å². The number of carbonyl (C=O) groups excluding carboxylic acids is 3. The van der Waals surface area contributed by atoms with Crippen LogP contribution in [0.1, 0.15) is 59.3 Å². The van der Waals surface area contributed by atoms with E-state index in [2.05, 4.69) is 10.6 Å². The second kappa shape index (κ2) is 13.3. The summed E-state index contributed by atoms with van der Waals surface area (Å²) < 4.78 is 0. The molecular weight excluding hydrogens is 456 g/mol. The Hall–Kier alpha value is -1.91. The third kappa shape index (κ3) is 6.82. The monoisotopic (exact) mass is 496 g/mol. The van der Waals surface area contributed by atoms with Gasteiger partial charge < -0.3 is 31.2 Å². The molecule has 5 N–H and O–H groups in total. The minimum Gasteiger partial charge on any atom is -0.477 e. The van der Waals surface area contributed by atoms with E-state index in [9.17, 15) is 19.5 Å². The highest BCUT2D eigenvalue weighted by Gasteiger charge is 2.60. The summed E-state index contributed by atoms with van der Waals surface area (Å²) in [5.41, 5.74) is 5.70. The molecule has 3 heterocycles. The fourth-order valence-corrected chi connectivity index (χ4v) is 6.66. The van der Waals surface area contributed by atoms with Crippen LogP contribution in [0.2, 0.25) is 0 Å². The molecule has 4 aliphatic rings. The maximum absolute atomic E-state index is 12.6. The van der Waals surface area contributed by atoms with E-state index >= 15 is 0 Å². The van der Waals surface area contributed by atoms with Crippen LogP contribution in [0.4, 0.5) is 0 Å². The number of carbonyl (C=O) groups is 4. The number of carboxylic acids is 1. The molecule has 9 nitrogen and oxygen atoms in total. The number of amides is 2. The highest BCUT2D eigenvalue weighted by atomic mass is 32.2. The first kappa shape index (κ1) is 28.3. The number of thioether (sulfide) groups is 1. The van der Waals surface area contributed by atoms with Crippen molar-refractivity contribution in [3.8, 4) is 0 Å². The van der Waals surface area contributed by atoms with Crippen molar-refractivity contribution >= 4 is 35.8 Å². The smallest absolute Gasteiger partial charge is 0.353 e. The van der Waals surface area contributed by atoms with E-state index in [1.165, 1.54) is 37.5 Å². The third-order valence-corrected chi connectivity index (χ3v) is 8.40. The van der Waals surface area contributed by atoms with Crippen molar-refractivity contribution in [2.75, 3.05) is 20.1 Å². The van der Waals surface area contributed by atoms with Crippen molar-refractivity contribution in [3.05, 3.63) is 10.6 Å². The molecule has 192 valence electrons. The lowest BCUT2D eigenvalue weighted by molar-refractivity contribution is -0.160. The molecule has 34 heavy (non-hydrogen) atoms. The van der Waals surface area contributed by atoms with E-state index in [1.54, 1.807) is 18.8 Å². The van der Waals surface area contributed by atoms with Gasteiger partial charge >= 0.3 is 5.97 Å². The van der Waals surface area contributed by atoms with Gasteiger partial charge in [0.15, 0.2) is 0 Å². The Kier molecular flexibility index (Phi) is 11.0. The Morgan fingerprint density at radius 1 is 1.32 bits per heavy atom. The second-order valence-electron chi connectivity index (χ2n) is 9.60. The van der Waals surface area contributed by atoms with Gasteiger partial charge in [0.1, 0.15) is 11.5 Å². The normalized spacial score (nSPS) is 28.7. The summed E-state index contributed by atoms with van der Waals surface area (Å²) in [4.78, 5) is 47.2. The molecule has 0 aromatic carbocycles. The van der Waals surface area contributed by atoms with Gasteiger partial charge in [0.05, 0.1) is 12.0 Å². The maximum Gasteiger partial charge on any atom is 0.353 e. The van der Waals surface area contributed by atoms with Crippen LogP contribution in [0, 0.1) is 17.8 Å². The molecule has 2 amide bonds. The SMILES string of the molecule is CC(=O)C[C@H](C)[C@H]1C(=O)N2C(C(=O)O)=C(S[C@H]3CCNC3)[C@H](C)[C@@H]12.CNC=O.NC1CCCC1. The average Bonchev–Trinajstić information content (AvgIpc) is 3.51. The first-order valence-electron chi connectivity index (χ1n) is 12.2.